The van der Waals surface area contributed by atoms with Gasteiger partial charge in [0.1, 0.15) is 6.61 Å². The Bertz CT molecular complexity index is 812. The second-order valence-corrected chi connectivity index (χ2v) is 6.85. The van der Waals surface area contributed by atoms with E-state index >= 15 is 0 Å². The van der Waals surface area contributed by atoms with Gasteiger partial charge in [-0.3, -0.25) is 4.99 Å². The summed E-state index contributed by atoms with van der Waals surface area (Å²) in [4.78, 5) is 17.3. The summed E-state index contributed by atoms with van der Waals surface area (Å²) < 4.78 is 41.1. The number of aliphatic imine (C=N–C) groups is 1. The second kappa shape index (κ2) is 12.0. The molecule has 1 aromatic carbocycles. The average molecular weight is 550 g/mol. The van der Waals surface area contributed by atoms with Gasteiger partial charge in [0, 0.05) is 52.2 Å². The number of guanidine groups is 1. The monoisotopic (exact) mass is 550 g/mol. The second-order valence-electron chi connectivity index (χ2n) is 6.85. The van der Waals surface area contributed by atoms with Gasteiger partial charge in [-0.05, 0) is 17.2 Å². The zero-order chi connectivity index (χ0) is 21.4. The van der Waals surface area contributed by atoms with Crippen molar-refractivity contribution in [3.63, 3.8) is 0 Å². The van der Waals surface area contributed by atoms with Gasteiger partial charge in [-0.25, -0.2) is 9.97 Å². The number of anilines is 1. The lowest BCUT2D eigenvalue weighted by molar-refractivity contribution is -0.176. The molecule has 1 saturated heterocycles. The van der Waals surface area contributed by atoms with Crippen LogP contribution in [0.5, 0.6) is 0 Å². The first-order chi connectivity index (χ1) is 14.4. The van der Waals surface area contributed by atoms with Gasteiger partial charge in [0.15, 0.2) is 5.96 Å². The fourth-order valence-corrected chi connectivity index (χ4v) is 3.12. The Kier molecular flexibility index (Phi) is 9.75. The van der Waals surface area contributed by atoms with Gasteiger partial charge < -0.3 is 19.9 Å². The van der Waals surface area contributed by atoms with Crippen molar-refractivity contribution < 1.29 is 17.9 Å². The van der Waals surface area contributed by atoms with Crippen molar-refractivity contribution in [2.24, 2.45) is 4.99 Å². The third-order valence-electron chi connectivity index (χ3n) is 4.63. The molecule has 0 radical (unpaired) electrons. The Labute approximate surface area is 196 Å². The summed E-state index contributed by atoms with van der Waals surface area (Å²) in [6.45, 7) is 2.47. The molecule has 1 N–H and O–H groups in total. The number of benzene rings is 1. The SMILES string of the molecule is CN=C(NCc1ccc(COCC(F)(F)F)cc1)N1CCN(c2ncccn2)CC1.I. The molecule has 0 amide bonds. The predicted octanol–water partition coefficient (Wildman–Crippen LogP) is 3.07. The lowest BCUT2D eigenvalue weighted by atomic mass is 10.1. The Hall–Kier alpha value is -2.15. The minimum atomic E-state index is -4.31. The van der Waals surface area contributed by atoms with Gasteiger partial charge in [0.2, 0.25) is 5.95 Å². The van der Waals surface area contributed by atoms with Crippen molar-refractivity contribution >= 4 is 35.9 Å². The predicted molar refractivity (Wildman–Crippen MR) is 124 cm³/mol. The molecule has 2 aromatic rings. The number of nitrogens with one attached hydrogen (secondary N) is 1. The van der Waals surface area contributed by atoms with Crippen LogP contribution in [0.4, 0.5) is 19.1 Å². The zero-order valence-electron chi connectivity index (χ0n) is 17.2. The van der Waals surface area contributed by atoms with Crippen LogP contribution in [0.25, 0.3) is 0 Å². The first kappa shape index (κ1) is 25.1. The van der Waals surface area contributed by atoms with Gasteiger partial charge in [0.25, 0.3) is 0 Å². The molecule has 0 saturated carbocycles. The van der Waals surface area contributed by atoms with Crippen LogP contribution >= 0.6 is 24.0 Å². The van der Waals surface area contributed by atoms with Crippen molar-refractivity contribution in [2.75, 3.05) is 44.7 Å². The van der Waals surface area contributed by atoms with E-state index in [1.807, 2.05) is 12.1 Å². The van der Waals surface area contributed by atoms with E-state index in [2.05, 4.69) is 34.8 Å². The molecular weight excluding hydrogens is 524 g/mol. The highest BCUT2D eigenvalue weighted by atomic mass is 127. The summed E-state index contributed by atoms with van der Waals surface area (Å²) in [7, 11) is 1.75. The topological polar surface area (TPSA) is 65.9 Å². The summed E-state index contributed by atoms with van der Waals surface area (Å²) in [5.74, 6) is 1.54. The maximum atomic E-state index is 12.1. The number of nitrogens with zero attached hydrogens (tertiary/aromatic N) is 5. The highest BCUT2D eigenvalue weighted by Gasteiger charge is 2.27. The number of rotatable bonds is 6. The Morgan fingerprint density at radius 2 is 1.68 bits per heavy atom. The molecule has 0 bridgehead atoms. The minimum Gasteiger partial charge on any atom is -0.367 e. The maximum Gasteiger partial charge on any atom is 0.411 e. The molecule has 1 aromatic heterocycles. The van der Waals surface area contributed by atoms with Gasteiger partial charge in [0.05, 0.1) is 6.61 Å². The Morgan fingerprint density at radius 3 is 2.26 bits per heavy atom. The average Bonchev–Trinajstić information content (AvgIpc) is 2.75. The first-order valence-corrected chi connectivity index (χ1v) is 9.64. The first-order valence-electron chi connectivity index (χ1n) is 9.64. The van der Waals surface area contributed by atoms with E-state index in [1.54, 1.807) is 37.6 Å². The summed E-state index contributed by atoms with van der Waals surface area (Å²) in [6, 6.07) is 9.09. The van der Waals surface area contributed by atoms with Gasteiger partial charge in [-0.1, -0.05) is 24.3 Å². The molecule has 0 unspecified atom stereocenters. The van der Waals surface area contributed by atoms with Crippen LogP contribution in [-0.4, -0.2) is 66.8 Å². The standard InChI is InChI=1S/C20H25F3N6O.HI/c1-24-18(28-9-11-29(12-10-28)19-25-7-2-8-26-19)27-13-16-3-5-17(6-4-16)14-30-15-20(21,22)23;/h2-8H,9-15H2,1H3,(H,24,27);1H. The van der Waals surface area contributed by atoms with Crippen LogP contribution in [0.1, 0.15) is 11.1 Å². The molecule has 1 aliphatic heterocycles. The Morgan fingerprint density at radius 1 is 1.06 bits per heavy atom. The van der Waals surface area contributed by atoms with E-state index in [0.717, 1.165) is 43.7 Å². The highest BCUT2D eigenvalue weighted by molar-refractivity contribution is 14.0. The number of hydrogen-bond donors (Lipinski definition) is 1. The van der Waals surface area contributed by atoms with Crippen LogP contribution in [0.15, 0.2) is 47.7 Å². The number of hydrogen-bond acceptors (Lipinski definition) is 5. The molecule has 7 nitrogen and oxygen atoms in total. The third-order valence-corrected chi connectivity index (χ3v) is 4.63. The molecule has 0 spiro atoms. The summed E-state index contributed by atoms with van der Waals surface area (Å²) in [5.41, 5.74) is 1.71. The largest absolute Gasteiger partial charge is 0.411 e. The van der Waals surface area contributed by atoms with E-state index in [9.17, 15) is 13.2 Å². The quantitative estimate of drug-likeness (QED) is 0.339. The molecule has 1 aliphatic rings. The lowest BCUT2D eigenvalue weighted by Crippen LogP contribution is -2.52. The number of piperazine rings is 1. The third kappa shape index (κ3) is 8.13. The van der Waals surface area contributed by atoms with Gasteiger partial charge in [-0.15, -0.1) is 24.0 Å². The van der Waals surface area contributed by atoms with Crippen LogP contribution in [-0.2, 0) is 17.9 Å². The van der Waals surface area contributed by atoms with Crippen LogP contribution < -0.4 is 10.2 Å². The minimum absolute atomic E-state index is 0. The van der Waals surface area contributed by atoms with Crippen LogP contribution in [0, 0.1) is 0 Å². The van der Waals surface area contributed by atoms with Crippen molar-refractivity contribution in [1.82, 2.24) is 20.2 Å². The van der Waals surface area contributed by atoms with Crippen molar-refractivity contribution in [3.05, 3.63) is 53.9 Å². The molecule has 2 heterocycles. The normalized spacial score (nSPS) is 14.9. The molecule has 1 fully saturated rings. The Balaban J connectivity index is 0.00000341. The number of alkyl halides is 3. The van der Waals surface area contributed by atoms with E-state index in [4.69, 9.17) is 0 Å². The van der Waals surface area contributed by atoms with E-state index in [-0.39, 0.29) is 30.6 Å². The van der Waals surface area contributed by atoms with Crippen molar-refractivity contribution in [2.45, 2.75) is 19.3 Å². The van der Waals surface area contributed by atoms with Crippen LogP contribution in [0.3, 0.4) is 0 Å². The van der Waals surface area contributed by atoms with E-state index in [0.29, 0.717) is 12.1 Å². The molecule has 170 valence electrons. The number of aromatic nitrogens is 2. The van der Waals surface area contributed by atoms with Crippen molar-refractivity contribution in [1.29, 1.82) is 0 Å². The highest BCUT2D eigenvalue weighted by Crippen LogP contribution is 2.16. The molecular formula is C20H26F3IN6O. The van der Waals surface area contributed by atoms with E-state index < -0.39 is 12.8 Å². The fourth-order valence-electron chi connectivity index (χ4n) is 3.12. The van der Waals surface area contributed by atoms with Crippen LogP contribution in [0.2, 0.25) is 0 Å². The zero-order valence-corrected chi connectivity index (χ0v) is 19.5. The van der Waals surface area contributed by atoms with Crippen molar-refractivity contribution in [3.8, 4) is 0 Å². The molecule has 31 heavy (non-hydrogen) atoms. The summed E-state index contributed by atoms with van der Waals surface area (Å²) in [6.07, 6.45) is -0.828. The molecule has 3 rings (SSSR count). The molecule has 11 heteroatoms. The maximum absolute atomic E-state index is 12.1. The molecule has 0 aliphatic carbocycles. The lowest BCUT2D eigenvalue weighted by Gasteiger charge is -2.36. The smallest absolute Gasteiger partial charge is 0.367 e. The fraction of sp³-hybridized carbons (Fsp3) is 0.450. The number of halogens is 4. The van der Waals surface area contributed by atoms with E-state index in [1.165, 1.54) is 0 Å². The molecule has 0 atom stereocenters. The summed E-state index contributed by atoms with van der Waals surface area (Å²) >= 11 is 0. The number of ether oxygens (including phenoxy) is 1. The summed E-state index contributed by atoms with van der Waals surface area (Å²) in [5, 5.41) is 3.34. The van der Waals surface area contributed by atoms with Gasteiger partial charge in [-0.2, -0.15) is 13.2 Å². The van der Waals surface area contributed by atoms with Gasteiger partial charge >= 0.3 is 6.18 Å².